The SMILES string of the molecule is C.CCc1ccc(-c2ccc(C(=O)NC[C@H](N)C(=O)NO)cc2)cc1. The molecule has 6 nitrogen and oxygen atoms in total. The zero-order chi connectivity index (χ0) is 17.5. The van der Waals surface area contributed by atoms with Gasteiger partial charge in [0.15, 0.2) is 0 Å². The molecule has 0 unspecified atom stereocenters. The molecule has 0 spiro atoms. The molecule has 0 aliphatic heterocycles. The summed E-state index contributed by atoms with van der Waals surface area (Å²) in [6, 6.07) is 14.5. The summed E-state index contributed by atoms with van der Waals surface area (Å²) < 4.78 is 0. The number of carbonyl (C=O) groups is 2. The highest BCUT2D eigenvalue weighted by Crippen LogP contribution is 2.20. The molecule has 0 bridgehead atoms. The quantitative estimate of drug-likeness (QED) is 0.476. The van der Waals surface area contributed by atoms with Crippen molar-refractivity contribution in [2.75, 3.05) is 6.54 Å². The first-order chi connectivity index (χ1) is 11.5. The van der Waals surface area contributed by atoms with E-state index in [4.69, 9.17) is 10.9 Å². The normalized spacial score (nSPS) is 11.2. The van der Waals surface area contributed by atoms with Gasteiger partial charge in [0.05, 0.1) is 0 Å². The van der Waals surface area contributed by atoms with Gasteiger partial charge in [0, 0.05) is 12.1 Å². The van der Waals surface area contributed by atoms with Gasteiger partial charge < -0.3 is 11.1 Å². The molecule has 0 saturated heterocycles. The molecule has 6 heteroatoms. The largest absolute Gasteiger partial charge is 0.350 e. The molecular weight excluding hydrogens is 318 g/mol. The van der Waals surface area contributed by atoms with Crippen molar-refractivity contribution >= 4 is 11.8 Å². The second-order valence-electron chi connectivity index (χ2n) is 5.42. The van der Waals surface area contributed by atoms with Crippen molar-refractivity contribution < 1.29 is 14.8 Å². The molecule has 0 radical (unpaired) electrons. The van der Waals surface area contributed by atoms with Crippen LogP contribution in [0.15, 0.2) is 48.5 Å². The summed E-state index contributed by atoms with van der Waals surface area (Å²) in [6.07, 6.45) is 0.996. The van der Waals surface area contributed by atoms with Crippen molar-refractivity contribution in [3.63, 3.8) is 0 Å². The van der Waals surface area contributed by atoms with Crippen LogP contribution >= 0.6 is 0 Å². The van der Waals surface area contributed by atoms with E-state index in [1.165, 1.54) is 11.0 Å². The number of amides is 2. The molecule has 5 N–H and O–H groups in total. The molecule has 2 aromatic rings. The summed E-state index contributed by atoms with van der Waals surface area (Å²) in [5.41, 5.74) is 10.8. The molecule has 0 fully saturated rings. The maximum absolute atomic E-state index is 12.0. The highest BCUT2D eigenvalue weighted by atomic mass is 16.5. The molecule has 0 aliphatic carbocycles. The number of hydroxylamine groups is 1. The molecule has 0 saturated carbocycles. The summed E-state index contributed by atoms with van der Waals surface area (Å²) >= 11 is 0. The van der Waals surface area contributed by atoms with Crippen LogP contribution in [0.3, 0.4) is 0 Å². The van der Waals surface area contributed by atoms with Crippen LogP contribution < -0.4 is 16.5 Å². The maximum atomic E-state index is 12.0. The average molecular weight is 343 g/mol. The molecule has 0 aliphatic rings. The average Bonchev–Trinajstić information content (AvgIpc) is 2.65. The second kappa shape index (κ2) is 9.56. The molecule has 134 valence electrons. The van der Waals surface area contributed by atoms with Crippen molar-refractivity contribution in [2.45, 2.75) is 26.8 Å². The van der Waals surface area contributed by atoms with Gasteiger partial charge in [0.1, 0.15) is 6.04 Å². The van der Waals surface area contributed by atoms with E-state index in [0.29, 0.717) is 5.56 Å². The number of nitrogens with one attached hydrogen (secondary N) is 2. The Labute approximate surface area is 148 Å². The van der Waals surface area contributed by atoms with Crippen LogP contribution in [0, 0.1) is 0 Å². The predicted molar refractivity (Wildman–Crippen MR) is 98.2 cm³/mol. The Morgan fingerprint density at radius 1 is 1.04 bits per heavy atom. The fourth-order valence-corrected chi connectivity index (χ4v) is 2.23. The number of rotatable bonds is 6. The highest BCUT2D eigenvalue weighted by Gasteiger charge is 2.14. The third-order valence-corrected chi connectivity index (χ3v) is 3.77. The van der Waals surface area contributed by atoms with Crippen LogP contribution in [0.5, 0.6) is 0 Å². The Balaban J connectivity index is 0.00000312. The minimum Gasteiger partial charge on any atom is -0.350 e. The molecule has 25 heavy (non-hydrogen) atoms. The van der Waals surface area contributed by atoms with E-state index < -0.39 is 11.9 Å². The predicted octanol–water partition coefficient (Wildman–Crippen LogP) is 2.11. The fraction of sp³-hybridized carbons (Fsp3) is 0.263. The van der Waals surface area contributed by atoms with Crippen molar-refractivity contribution in [1.82, 2.24) is 10.8 Å². The third kappa shape index (κ3) is 5.41. The van der Waals surface area contributed by atoms with Crippen LogP contribution in [0.25, 0.3) is 11.1 Å². The fourth-order valence-electron chi connectivity index (χ4n) is 2.23. The number of hydrogen-bond donors (Lipinski definition) is 4. The van der Waals surface area contributed by atoms with Gasteiger partial charge in [-0.15, -0.1) is 0 Å². The Hall–Kier alpha value is -2.70. The maximum Gasteiger partial charge on any atom is 0.262 e. The number of carbonyl (C=O) groups excluding carboxylic acids is 2. The van der Waals surface area contributed by atoms with E-state index in [9.17, 15) is 9.59 Å². The van der Waals surface area contributed by atoms with Gasteiger partial charge in [0.25, 0.3) is 11.8 Å². The molecule has 1 atom stereocenters. The summed E-state index contributed by atoms with van der Waals surface area (Å²) in [7, 11) is 0. The van der Waals surface area contributed by atoms with E-state index in [-0.39, 0.29) is 19.9 Å². The van der Waals surface area contributed by atoms with E-state index in [0.717, 1.165) is 17.5 Å². The summed E-state index contributed by atoms with van der Waals surface area (Å²) in [6.45, 7) is 2.05. The van der Waals surface area contributed by atoms with E-state index in [2.05, 4.69) is 36.5 Å². The zero-order valence-corrected chi connectivity index (χ0v) is 13.5. The lowest BCUT2D eigenvalue weighted by Crippen LogP contribution is -2.47. The van der Waals surface area contributed by atoms with Crippen LogP contribution in [-0.4, -0.2) is 29.6 Å². The zero-order valence-electron chi connectivity index (χ0n) is 13.5. The Kier molecular flexibility index (Phi) is 7.78. The molecule has 2 aromatic carbocycles. The lowest BCUT2D eigenvalue weighted by atomic mass is 10.0. The lowest BCUT2D eigenvalue weighted by Gasteiger charge is -2.11. The molecule has 2 amide bonds. The minimum absolute atomic E-state index is 0. The van der Waals surface area contributed by atoms with Gasteiger partial charge in [-0.25, -0.2) is 5.48 Å². The smallest absolute Gasteiger partial charge is 0.262 e. The first-order valence-electron chi connectivity index (χ1n) is 7.72. The van der Waals surface area contributed by atoms with Crippen LogP contribution in [-0.2, 0) is 11.2 Å². The number of hydrogen-bond acceptors (Lipinski definition) is 4. The topological polar surface area (TPSA) is 104 Å². The first-order valence-corrected chi connectivity index (χ1v) is 7.72. The van der Waals surface area contributed by atoms with Crippen LogP contribution in [0.2, 0.25) is 0 Å². The van der Waals surface area contributed by atoms with E-state index >= 15 is 0 Å². The second-order valence-corrected chi connectivity index (χ2v) is 5.42. The third-order valence-electron chi connectivity index (χ3n) is 3.77. The minimum atomic E-state index is -1.00. The standard InChI is InChI=1S/C18H21N3O3.CH4/c1-2-12-3-5-13(6-4-12)14-7-9-15(10-8-14)17(22)20-11-16(19)18(23)21-24;/h3-10,16,24H,2,11,19H2,1H3,(H,20,22)(H,21,23);1H4/t16-;/m0./s1. The van der Waals surface area contributed by atoms with Crippen molar-refractivity contribution in [2.24, 2.45) is 5.73 Å². The lowest BCUT2D eigenvalue weighted by molar-refractivity contribution is -0.130. The number of benzene rings is 2. The van der Waals surface area contributed by atoms with Crippen molar-refractivity contribution in [3.05, 3.63) is 59.7 Å². The first kappa shape index (κ1) is 20.3. The van der Waals surface area contributed by atoms with Crippen molar-refractivity contribution in [3.8, 4) is 11.1 Å². The van der Waals surface area contributed by atoms with Gasteiger partial charge in [-0.3, -0.25) is 14.8 Å². The number of nitrogens with two attached hydrogens (primary N) is 1. The van der Waals surface area contributed by atoms with Gasteiger partial charge >= 0.3 is 0 Å². The van der Waals surface area contributed by atoms with Gasteiger partial charge in [-0.2, -0.15) is 0 Å². The molecule has 0 aromatic heterocycles. The van der Waals surface area contributed by atoms with Crippen molar-refractivity contribution in [1.29, 1.82) is 0 Å². The Morgan fingerprint density at radius 2 is 1.56 bits per heavy atom. The monoisotopic (exact) mass is 343 g/mol. The summed E-state index contributed by atoms with van der Waals surface area (Å²) in [4.78, 5) is 23.1. The highest BCUT2D eigenvalue weighted by molar-refractivity contribution is 5.95. The summed E-state index contributed by atoms with van der Waals surface area (Å²) in [5, 5.41) is 11.0. The Bertz CT molecular complexity index is 697. The van der Waals surface area contributed by atoms with Gasteiger partial charge in [-0.05, 0) is 35.2 Å². The van der Waals surface area contributed by atoms with Gasteiger partial charge in [-0.1, -0.05) is 50.7 Å². The van der Waals surface area contributed by atoms with E-state index in [1.807, 2.05) is 12.1 Å². The van der Waals surface area contributed by atoms with Crippen LogP contribution in [0.4, 0.5) is 0 Å². The van der Waals surface area contributed by atoms with Crippen LogP contribution in [0.1, 0.15) is 30.3 Å². The molecule has 2 rings (SSSR count). The van der Waals surface area contributed by atoms with Gasteiger partial charge in [0.2, 0.25) is 0 Å². The van der Waals surface area contributed by atoms with E-state index in [1.54, 1.807) is 12.1 Å². The Morgan fingerprint density at radius 3 is 2.04 bits per heavy atom. The molecule has 0 heterocycles. The molecular formula is C19H25N3O3. The number of aryl methyl sites for hydroxylation is 1. The summed E-state index contributed by atoms with van der Waals surface area (Å²) in [5.74, 6) is -1.08.